The molecule has 0 aliphatic rings. The minimum atomic E-state index is -0.985. The lowest BCUT2D eigenvalue weighted by Crippen LogP contribution is -2.31. The fraction of sp³-hybridized carbons (Fsp3) is 0.333. The minimum Gasteiger partial charge on any atom is -0.463 e. The molecule has 0 aromatic heterocycles. The number of nitrogens with one attached hydrogen (secondary N) is 1. The molecular weight excluding hydrogens is 362 g/mol. The summed E-state index contributed by atoms with van der Waals surface area (Å²) in [6.07, 6.45) is 1.46. The number of ether oxygens (including phenoxy) is 1. The van der Waals surface area contributed by atoms with Gasteiger partial charge in [-0.05, 0) is 37.1 Å². The Morgan fingerprint density at radius 1 is 1.07 bits per heavy atom. The van der Waals surface area contributed by atoms with Crippen LogP contribution in [0.4, 0.5) is 0 Å². The van der Waals surface area contributed by atoms with E-state index < -0.39 is 16.8 Å². The Hall–Kier alpha value is -2.47. The molecule has 0 fully saturated rings. The van der Waals surface area contributed by atoms with E-state index in [2.05, 4.69) is 5.32 Å². The highest BCUT2D eigenvalue weighted by molar-refractivity contribution is 7.83. The molecule has 5 nitrogen and oxygen atoms in total. The smallest absolute Gasteiger partial charge is 0.308 e. The van der Waals surface area contributed by atoms with Crippen LogP contribution in [-0.2, 0) is 26.1 Å². The highest BCUT2D eigenvalue weighted by atomic mass is 32.2. The summed E-state index contributed by atoms with van der Waals surface area (Å²) in [5.74, 6) is -0.261. The van der Waals surface area contributed by atoms with Crippen molar-refractivity contribution in [1.82, 2.24) is 5.32 Å². The number of carbonyl (C=O) groups excluding carboxylic acids is 2. The zero-order valence-electron chi connectivity index (χ0n) is 15.8. The molecular formula is C21H25NO4S. The molecule has 0 spiro atoms. The van der Waals surface area contributed by atoms with Crippen molar-refractivity contribution in [3.8, 4) is 0 Å². The molecule has 0 aliphatic heterocycles. The lowest BCUT2D eigenvalue weighted by Gasteiger charge is -2.19. The van der Waals surface area contributed by atoms with Gasteiger partial charge in [-0.3, -0.25) is 13.8 Å². The highest BCUT2D eigenvalue weighted by Gasteiger charge is 2.20. The first kappa shape index (κ1) is 20.8. The molecule has 1 N–H and O–H groups in total. The minimum absolute atomic E-state index is 0.0482. The maximum absolute atomic E-state index is 12.7. The van der Waals surface area contributed by atoms with Gasteiger partial charge in [-0.2, -0.15) is 0 Å². The van der Waals surface area contributed by atoms with Crippen LogP contribution in [0.1, 0.15) is 47.8 Å². The molecule has 2 aromatic carbocycles. The summed E-state index contributed by atoms with van der Waals surface area (Å²) in [5, 5.41) is 2.92. The number of amides is 1. The van der Waals surface area contributed by atoms with Crippen molar-refractivity contribution in [1.29, 1.82) is 0 Å². The van der Waals surface area contributed by atoms with E-state index in [0.717, 1.165) is 11.1 Å². The Labute approximate surface area is 162 Å². The predicted molar refractivity (Wildman–Crippen MR) is 107 cm³/mol. The Bertz CT molecular complexity index is 805. The first-order valence-corrected chi connectivity index (χ1v) is 10.5. The molecule has 2 aromatic rings. The summed E-state index contributed by atoms with van der Waals surface area (Å²) in [5.41, 5.74) is 2.13. The Balaban J connectivity index is 2.18. The van der Waals surface area contributed by atoms with Gasteiger partial charge < -0.3 is 10.1 Å². The van der Waals surface area contributed by atoms with Gasteiger partial charge in [0.05, 0.1) is 18.6 Å². The third-order valence-corrected chi connectivity index (χ3v) is 4.54. The summed E-state index contributed by atoms with van der Waals surface area (Å²) in [6, 6.07) is 15.9. The predicted octanol–water partition coefficient (Wildman–Crippen LogP) is 3.38. The lowest BCUT2D eigenvalue weighted by atomic mass is 10.0. The van der Waals surface area contributed by atoms with E-state index in [4.69, 9.17) is 4.74 Å². The molecule has 27 heavy (non-hydrogen) atoms. The van der Waals surface area contributed by atoms with Crippen molar-refractivity contribution in [3.05, 3.63) is 71.3 Å². The van der Waals surface area contributed by atoms with Crippen LogP contribution < -0.4 is 5.32 Å². The lowest BCUT2D eigenvalue weighted by molar-refractivity contribution is -0.147. The number of rotatable bonds is 8. The van der Waals surface area contributed by atoms with Gasteiger partial charge >= 0.3 is 5.97 Å². The van der Waals surface area contributed by atoms with Crippen molar-refractivity contribution in [2.24, 2.45) is 0 Å². The van der Waals surface area contributed by atoms with Gasteiger partial charge in [-0.25, -0.2) is 0 Å². The number of benzene rings is 2. The van der Waals surface area contributed by atoms with Crippen LogP contribution in [0.25, 0.3) is 0 Å². The fourth-order valence-electron chi connectivity index (χ4n) is 2.69. The van der Waals surface area contributed by atoms with E-state index in [1.165, 1.54) is 0 Å². The second-order valence-corrected chi connectivity index (χ2v) is 8.03. The summed E-state index contributed by atoms with van der Waals surface area (Å²) in [6.45, 7) is 3.58. The van der Waals surface area contributed by atoms with Gasteiger partial charge in [0.15, 0.2) is 0 Å². The van der Waals surface area contributed by atoms with Gasteiger partial charge in [-0.1, -0.05) is 42.5 Å². The van der Waals surface area contributed by atoms with Crippen LogP contribution in [0.3, 0.4) is 0 Å². The monoisotopic (exact) mass is 387 g/mol. The molecule has 0 radical (unpaired) electrons. The highest BCUT2D eigenvalue weighted by Crippen LogP contribution is 2.19. The number of esters is 1. The topological polar surface area (TPSA) is 72.5 Å². The number of hydrogen-bond donors (Lipinski definition) is 1. The summed E-state index contributed by atoms with van der Waals surface area (Å²) in [7, 11) is -0.985. The van der Waals surface area contributed by atoms with E-state index in [9.17, 15) is 13.8 Å². The zero-order valence-corrected chi connectivity index (χ0v) is 16.6. The first-order valence-electron chi connectivity index (χ1n) is 8.79. The molecule has 1 amide bonds. The Kier molecular flexibility index (Phi) is 7.73. The van der Waals surface area contributed by atoms with Crippen molar-refractivity contribution >= 4 is 22.7 Å². The van der Waals surface area contributed by atoms with E-state index in [1.54, 1.807) is 38.3 Å². The molecule has 0 saturated heterocycles. The van der Waals surface area contributed by atoms with Crippen molar-refractivity contribution in [2.75, 3.05) is 6.26 Å². The molecule has 0 heterocycles. The third kappa shape index (κ3) is 6.98. The second kappa shape index (κ2) is 10.0. The molecule has 2 unspecified atom stereocenters. The molecule has 2 rings (SSSR count). The number of hydrogen-bond acceptors (Lipinski definition) is 4. The van der Waals surface area contributed by atoms with Crippen molar-refractivity contribution in [2.45, 2.75) is 38.2 Å². The van der Waals surface area contributed by atoms with Crippen molar-refractivity contribution in [3.63, 3.8) is 0 Å². The average molecular weight is 388 g/mol. The van der Waals surface area contributed by atoms with Crippen LogP contribution in [0, 0.1) is 0 Å². The molecule has 6 heteroatoms. The quantitative estimate of drug-likeness (QED) is 0.705. The van der Waals surface area contributed by atoms with E-state index >= 15 is 0 Å². The van der Waals surface area contributed by atoms with Crippen LogP contribution in [0.15, 0.2) is 54.6 Å². The van der Waals surface area contributed by atoms with E-state index in [-0.39, 0.29) is 24.4 Å². The van der Waals surface area contributed by atoms with Gasteiger partial charge in [0.2, 0.25) is 0 Å². The van der Waals surface area contributed by atoms with Gasteiger partial charge in [-0.15, -0.1) is 0 Å². The standard InChI is InChI=1S/C21H25NO4S/c1-15(2)26-20(23)13-19(17-9-5-4-6-10-17)22-21(24)18-11-7-8-16(12-18)14-27(3)25/h4-12,15,19H,13-14H2,1-3H3,(H,22,24). The van der Waals surface area contributed by atoms with Gasteiger partial charge in [0.25, 0.3) is 5.91 Å². The molecule has 2 atom stereocenters. The maximum atomic E-state index is 12.7. The van der Waals surface area contributed by atoms with Crippen LogP contribution >= 0.6 is 0 Å². The van der Waals surface area contributed by atoms with Gasteiger partial charge in [0.1, 0.15) is 0 Å². The largest absolute Gasteiger partial charge is 0.463 e. The number of carbonyl (C=O) groups is 2. The first-order chi connectivity index (χ1) is 12.8. The third-order valence-electron chi connectivity index (χ3n) is 3.80. The zero-order chi connectivity index (χ0) is 19.8. The molecule has 0 saturated carbocycles. The van der Waals surface area contributed by atoms with Crippen LogP contribution in [0.2, 0.25) is 0 Å². The van der Waals surface area contributed by atoms with Crippen LogP contribution in [-0.4, -0.2) is 28.4 Å². The Morgan fingerprint density at radius 2 is 1.78 bits per heavy atom. The fourth-order valence-corrected chi connectivity index (χ4v) is 3.34. The SMILES string of the molecule is CC(C)OC(=O)CC(NC(=O)c1cccc(CS(C)=O)c1)c1ccccc1. The molecule has 144 valence electrons. The van der Waals surface area contributed by atoms with E-state index in [0.29, 0.717) is 11.3 Å². The van der Waals surface area contributed by atoms with Gasteiger partial charge in [0, 0.05) is 28.4 Å². The summed E-state index contributed by atoms with van der Waals surface area (Å²) in [4.78, 5) is 24.9. The maximum Gasteiger partial charge on any atom is 0.308 e. The molecule has 0 aliphatic carbocycles. The van der Waals surface area contributed by atoms with E-state index in [1.807, 2.05) is 36.4 Å². The average Bonchev–Trinajstić information content (AvgIpc) is 2.61. The molecule has 0 bridgehead atoms. The summed E-state index contributed by atoms with van der Waals surface area (Å²) < 4.78 is 16.7. The van der Waals surface area contributed by atoms with Crippen LogP contribution in [0.5, 0.6) is 0 Å². The second-order valence-electron chi connectivity index (χ2n) is 6.60. The van der Waals surface area contributed by atoms with Crippen molar-refractivity contribution < 1.29 is 18.5 Å². The normalized spacial score (nSPS) is 13.0. The summed E-state index contributed by atoms with van der Waals surface area (Å²) >= 11 is 0. The Morgan fingerprint density at radius 3 is 2.41 bits per heavy atom.